The van der Waals surface area contributed by atoms with Crippen LogP contribution in [0.25, 0.3) is 0 Å². The third-order valence-corrected chi connectivity index (χ3v) is 4.24. The predicted molar refractivity (Wildman–Crippen MR) is 90.8 cm³/mol. The number of hydrogen-bond donors (Lipinski definition) is 1. The van der Waals surface area contributed by atoms with Crippen LogP contribution in [0.15, 0.2) is 36.5 Å². The topological polar surface area (TPSA) is 74.5 Å². The number of aryl methyl sites for hydroxylation is 1. The zero-order valence-corrected chi connectivity index (χ0v) is 13.7. The van der Waals surface area contributed by atoms with E-state index in [4.69, 9.17) is 5.11 Å². The fourth-order valence-corrected chi connectivity index (χ4v) is 2.94. The van der Waals surface area contributed by atoms with E-state index >= 15 is 0 Å². The summed E-state index contributed by atoms with van der Waals surface area (Å²) in [7, 11) is 0. The number of aliphatic carboxylic acids is 1. The van der Waals surface area contributed by atoms with Crippen molar-refractivity contribution in [2.75, 3.05) is 31.1 Å². The molecule has 1 aliphatic rings. The molecule has 1 fully saturated rings. The van der Waals surface area contributed by atoms with Gasteiger partial charge in [0.05, 0.1) is 5.69 Å². The molecule has 24 heavy (non-hydrogen) atoms. The highest BCUT2D eigenvalue weighted by Gasteiger charge is 2.18. The monoisotopic (exact) mass is 329 g/mol. The Bertz CT molecular complexity index is 650. The number of carboxylic acid groups (broad SMARTS) is 1. The quantitative estimate of drug-likeness (QED) is 0.829. The van der Waals surface area contributed by atoms with Crippen molar-refractivity contribution in [2.24, 2.45) is 0 Å². The highest BCUT2D eigenvalue weighted by Crippen LogP contribution is 2.16. The van der Waals surface area contributed by atoms with E-state index in [9.17, 15) is 4.79 Å². The third-order valence-electron chi connectivity index (χ3n) is 4.24. The maximum absolute atomic E-state index is 10.5. The summed E-state index contributed by atoms with van der Waals surface area (Å²) in [5.74, 6) is -0.772. The fourth-order valence-electron chi connectivity index (χ4n) is 2.94. The molecule has 0 amide bonds. The smallest absolute Gasteiger partial charge is 0.303 e. The van der Waals surface area contributed by atoms with Gasteiger partial charge in [-0.25, -0.2) is 0 Å². The molecule has 1 aliphatic heterocycles. The Balaban J connectivity index is 1.44. The van der Waals surface area contributed by atoms with Crippen LogP contribution in [0.3, 0.4) is 0 Å². The maximum atomic E-state index is 10.5. The van der Waals surface area contributed by atoms with Gasteiger partial charge in [-0.2, -0.15) is 0 Å². The Morgan fingerprint density at radius 1 is 1.12 bits per heavy atom. The molecule has 0 atom stereocenters. The van der Waals surface area contributed by atoms with E-state index in [1.165, 1.54) is 5.69 Å². The molecule has 0 bridgehead atoms. The molecule has 1 N–H and O–H groups in total. The molecule has 7 heteroatoms. The number of nitrogens with zero attached hydrogens (tertiary/aromatic N) is 5. The van der Waals surface area contributed by atoms with Gasteiger partial charge in [-0.1, -0.05) is 23.4 Å². The molecule has 2 aromatic rings. The summed E-state index contributed by atoms with van der Waals surface area (Å²) < 4.78 is 1.73. The molecule has 1 saturated heterocycles. The van der Waals surface area contributed by atoms with Crippen LogP contribution in [0.2, 0.25) is 0 Å². The fraction of sp³-hybridized carbons (Fsp3) is 0.471. The molecule has 7 nitrogen and oxygen atoms in total. The van der Waals surface area contributed by atoms with Crippen molar-refractivity contribution in [3.63, 3.8) is 0 Å². The minimum atomic E-state index is -0.772. The van der Waals surface area contributed by atoms with Crippen LogP contribution in [0.1, 0.15) is 18.5 Å². The van der Waals surface area contributed by atoms with Crippen molar-refractivity contribution in [3.8, 4) is 0 Å². The second-order valence-corrected chi connectivity index (χ2v) is 6.07. The van der Waals surface area contributed by atoms with Crippen molar-refractivity contribution >= 4 is 11.7 Å². The van der Waals surface area contributed by atoms with Gasteiger partial charge in [0.15, 0.2) is 0 Å². The van der Waals surface area contributed by atoms with Gasteiger partial charge >= 0.3 is 5.97 Å². The minimum Gasteiger partial charge on any atom is -0.481 e. The number of carboxylic acids is 1. The molecular formula is C17H23N5O2. The molecule has 3 rings (SSSR count). The SMILES string of the molecule is O=C(O)CCCn1cc(CN2CCN(c3ccccc3)CC2)nn1. The lowest BCUT2D eigenvalue weighted by molar-refractivity contribution is -0.137. The molecule has 128 valence electrons. The number of aromatic nitrogens is 3. The molecule has 0 spiro atoms. The molecule has 0 saturated carbocycles. The number of anilines is 1. The summed E-state index contributed by atoms with van der Waals surface area (Å²) >= 11 is 0. The van der Waals surface area contributed by atoms with Crippen LogP contribution in [-0.4, -0.2) is 57.1 Å². The van der Waals surface area contributed by atoms with Gasteiger partial charge in [0, 0.05) is 57.6 Å². The first-order valence-electron chi connectivity index (χ1n) is 8.34. The molecular weight excluding hydrogens is 306 g/mol. The van der Waals surface area contributed by atoms with E-state index in [1.54, 1.807) is 4.68 Å². The van der Waals surface area contributed by atoms with Crippen molar-refractivity contribution < 1.29 is 9.90 Å². The number of carbonyl (C=O) groups is 1. The van der Waals surface area contributed by atoms with E-state index in [-0.39, 0.29) is 6.42 Å². The summed E-state index contributed by atoms with van der Waals surface area (Å²) in [6.07, 6.45) is 2.66. The molecule has 0 unspecified atom stereocenters. The normalized spacial score (nSPS) is 15.6. The van der Waals surface area contributed by atoms with Crippen molar-refractivity contribution in [3.05, 3.63) is 42.2 Å². The van der Waals surface area contributed by atoms with E-state index in [0.717, 1.165) is 38.4 Å². The van der Waals surface area contributed by atoms with Crippen molar-refractivity contribution in [1.29, 1.82) is 0 Å². The summed E-state index contributed by atoms with van der Waals surface area (Å²) in [4.78, 5) is 15.3. The van der Waals surface area contributed by atoms with E-state index in [0.29, 0.717) is 13.0 Å². The van der Waals surface area contributed by atoms with E-state index in [1.807, 2.05) is 12.3 Å². The van der Waals surface area contributed by atoms with Gasteiger partial charge in [-0.05, 0) is 18.6 Å². The average molecular weight is 329 g/mol. The second kappa shape index (κ2) is 7.92. The van der Waals surface area contributed by atoms with Crippen molar-refractivity contribution in [1.82, 2.24) is 19.9 Å². The largest absolute Gasteiger partial charge is 0.481 e. The molecule has 0 aliphatic carbocycles. The first-order valence-corrected chi connectivity index (χ1v) is 8.34. The standard InChI is InChI=1S/C17H23N5O2/c23-17(24)7-4-8-22-14-15(18-19-22)13-20-9-11-21(12-10-20)16-5-2-1-3-6-16/h1-3,5-6,14H,4,7-13H2,(H,23,24). The zero-order chi connectivity index (χ0) is 16.8. The second-order valence-electron chi connectivity index (χ2n) is 6.07. The molecule has 1 aromatic carbocycles. The van der Waals surface area contributed by atoms with Crippen LogP contribution in [0.4, 0.5) is 5.69 Å². The van der Waals surface area contributed by atoms with Crippen LogP contribution in [0.5, 0.6) is 0 Å². The van der Waals surface area contributed by atoms with Gasteiger partial charge in [-0.15, -0.1) is 5.10 Å². The Labute approximate surface area is 141 Å². The van der Waals surface area contributed by atoms with Crippen LogP contribution in [-0.2, 0) is 17.9 Å². The Morgan fingerprint density at radius 2 is 1.88 bits per heavy atom. The first kappa shape index (κ1) is 16.4. The predicted octanol–water partition coefficient (Wildman–Crippen LogP) is 1.47. The number of hydrogen-bond acceptors (Lipinski definition) is 5. The summed E-state index contributed by atoms with van der Waals surface area (Å²) in [6.45, 7) is 5.41. The van der Waals surface area contributed by atoms with Gasteiger partial charge in [-0.3, -0.25) is 14.4 Å². The lowest BCUT2D eigenvalue weighted by Gasteiger charge is -2.35. The molecule has 1 aromatic heterocycles. The Morgan fingerprint density at radius 3 is 2.58 bits per heavy atom. The van der Waals surface area contributed by atoms with Gasteiger partial charge in [0.25, 0.3) is 0 Å². The number of para-hydroxylation sites is 1. The van der Waals surface area contributed by atoms with Crippen LogP contribution in [0, 0.1) is 0 Å². The summed E-state index contributed by atoms with van der Waals surface area (Å²) in [6, 6.07) is 10.5. The summed E-state index contributed by atoms with van der Waals surface area (Å²) in [5.41, 5.74) is 2.22. The average Bonchev–Trinajstić information content (AvgIpc) is 3.03. The van der Waals surface area contributed by atoms with Crippen molar-refractivity contribution in [2.45, 2.75) is 25.9 Å². The van der Waals surface area contributed by atoms with E-state index in [2.05, 4.69) is 44.4 Å². The van der Waals surface area contributed by atoms with Gasteiger partial charge < -0.3 is 10.0 Å². The Hall–Kier alpha value is -2.41. The number of piperazine rings is 1. The molecule has 2 heterocycles. The highest BCUT2D eigenvalue weighted by atomic mass is 16.4. The lowest BCUT2D eigenvalue weighted by atomic mass is 10.2. The number of rotatable bonds is 7. The van der Waals surface area contributed by atoms with Gasteiger partial charge in [0.2, 0.25) is 0 Å². The van der Waals surface area contributed by atoms with Crippen LogP contribution < -0.4 is 4.90 Å². The maximum Gasteiger partial charge on any atom is 0.303 e. The van der Waals surface area contributed by atoms with Crippen LogP contribution >= 0.6 is 0 Å². The number of benzene rings is 1. The van der Waals surface area contributed by atoms with E-state index < -0.39 is 5.97 Å². The zero-order valence-electron chi connectivity index (χ0n) is 13.7. The highest BCUT2D eigenvalue weighted by molar-refractivity contribution is 5.66. The summed E-state index contributed by atoms with van der Waals surface area (Å²) in [5, 5.41) is 16.9. The minimum absolute atomic E-state index is 0.163. The molecule has 0 radical (unpaired) electrons. The third kappa shape index (κ3) is 4.55. The van der Waals surface area contributed by atoms with Gasteiger partial charge in [0.1, 0.15) is 0 Å². The lowest BCUT2D eigenvalue weighted by Crippen LogP contribution is -2.46. The Kier molecular flexibility index (Phi) is 5.43. The first-order chi connectivity index (χ1) is 11.7.